The average molecular weight is 221 g/mol. The summed E-state index contributed by atoms with van der Waals surface area (Å²) in [6.07, 6.45) is 0.710. The monoisotopic (exact) mass is 221 g/mol. The van der Waals surface area contributed by atoms with Crippen molar-refractivity contribution in [3.8, 4) is 0 Å². The van der Waals surface area contributed by atoms with Gasteiger partial charge in [-0.15, -0.1) is 0 Å². The van der Waals surface area contributed by atoms with Gasteiger partial charge in [-0.05, 0) is 20.3 Å². The molecule has 5 heteroatoms. The van der Waals surface area contributed by atoms with Crippen molar-refractivity contribution < 1.29 is 13.2 Å². The van der Waals surface area contributed by atoms with E-state index in [2.05, 4.69) is 5.32 Å². The van der Waals surface area contributed by atoms with Gasteiger partial charge in [0.25, 0.3) is 0 Å². The zero-order valence-electron chi connectivity index (χ0n) is 8.88. The molecule has 1 unspecified atom stereocenters. The fraction of sp³-hybridized carbons (Fsp3) is 1.00. The molecule has 1 heterocycles. The lowest BCUT2D eigenvalue weighted by molar-refractivity contribution is 0.143. The molecular formula is C9H19NO3S. The first kappa shape index (κ1) is 11.9. The maximum atomic E-state index is 11.3. The van der Waals surface area contributed by atoms with Crippen molar-refractivity contribution in [2.75, 3.05) is 31.3 Å². The lowest BCUT2D eigenvalue weighted by atomic mass is 10.0. The molecule has 1 aliphatic rings. The van der Waals surface area contributed by atoms with Gasteiger partial charge in [-0.25, -0.2) is 8.42 Å². The Morgan fingerprint density at radius 3 is 2.71 bits per heavy atom. The normalized spacial score (nSPS) is 30.7. The smallest absolute Gasteiger partial charge is 0.152 e. The van der Waals surface area contributed by atoms with Crippen molar-refractivity contribution in [1.82, 2.24) is 5.32 Å². The van der Waals surface area contributed by atoms with Crippen LogP contribution in [-0.4, -0.2) is 45.2 Å². The Labute approximate surface area is 85.9 Å². The molecule has 0 aromatic heterocycles. The summed E-state index contributed by atoms with van der Waals surface area (Å²) in [4.78, 5) is 0. The van der Waals surface area contributed by atoms with E-state index in [1.807, 2.05) is 13.8 Å². The molecule has 1 saturated heterocycles. The second-order valence-corrected chi connectivity index (χ2v) is 6.21. The molecule has 4 nitrogen and oxygen atoms in total. The van der Waals surface area contributed by atoms with E-state index >= 15 is 0 Å². The van der Waals surface area contributed by atoms with E-state index in [1.165, 1.54) is 0 Å². The highest BCUT2D eigenvalue weighted by atomic mass is 32.2. The molecule has 0 saturated carbocycles. The molecule has 84 valence electrons. The third-order valence-corrected chi connectivity index (χ3v) is 4.41. The van der Waals surface area contributed by atoms with Gasteiger partial charge in [0.15, 0.2) is 9.84 Å². The SMILES string of the molecule is CCOCCNC1(C)CCS(=O)(=O)C1. The minimum Gasteiger partial charge on any atom is -0.380 e. The number of rotatable bonds is 5. The molecule has 0 aliphatic carbocycles. The van der Waals surface area contributed by atoms with Crippen LogP contribution in [0, 0.1) is 0 Å². The minimum atomic E-state index is -2.80. The topological polar surface area (TPSA) is 55.4 Å². The number of sulfone groups is 1. The van der Waals surface area contributed by atoms with Crippen molar-refractivity contribution in [3.63, 3.8) is 0 Å². The Morgan fingerprint density at radius 2 is 2.21 bits per heavy atom. The van der Waals surface area contributed by atoms with Gasteiger partial charge in [0.2, 0.25) is 0 Å². The minimum absolute atomic E-state index is 0.240. The van der Waals surface area contributed by atoms with E-state index in [4.69, 9.17) is 4.74 Å². The lowest BCUT2D eigenvalue weighted by Crippen LogP contribution is -2.44. The molecular weight excluding hydrogens is 202 g/mol. The predicted octanol–water partition coefficient (Wildman–Crippen LogP) is 0.190. The summed E-state index contributed by atoms with van der Waals surface area (Å²) in [5, 5.41) is 3.24. The van der Waals surface area contributed by atoms with Crippen molar-refractivity contribution >= 4 is 9.84 Å². The summed E-state index contributed by atoms with van der Waals surface area (Å²) in [5.74, 6) is 0.567. The lowest BCUT2D eigenvalue weighted by Gasteiger charge is -2.23. The molecule has 1 fully saturated rings. The number of hydrogen-bond donors (Lipinski definition) is 1. The van der Waals surface area contributed by atoms with Crippen LogP contribution in [0.1, 0.15) is 20.3 Å². The molecule has 1 aliphatic heterocycles. The Kier molecular flexibility index (Phi) is 3.92. The Bertz CT molecular complexity index is 276. The van der Waals surface area contributed by atoms with E-state index < -0.39 is 9.84 Å². The fourth-order valence-corrected chi connectivity index (χ4v) is 3.84. The Morgan fingerprint density at radius 1 is 1.50 bits per heavy atom. The van der Waals surface area contributed by atoms with E-state index in [-0.39, 0.29) is 11.3 Å². The zero-order chi connectivity index (χ0) is 10.7. The van der Waals surface area contributed by atoms with Crippen molar-refractivity contribution in [1.29, 1.82) is 0 Å². The van der Waals surface area contributed by atoms with Crippen LogP contribution in [0.3, 0.4) is 0 Å². The first-order valence-electron chi connectivity index (χ1n) is 5.01. The fourth-order valence-electron chi connectivity index (χ4n) is 1.72. The first-order chi connectivity index (χ1) is 6.47. The van der Waals surface area contributed by atoms with Gasteiger partial charge in [-0.1, -0.05) is 0 Å². The molecule has 0 aromatic rings. The second kappa shape index (κ2) is 4.59. The van der Waals surface area contributed by atoms with Gasteiger partial charge in [-0.2, -0.15) is 0 Å². The summed E-state index contributed by atoms with van der Waals surface area (Å²) >= 11 is 0. The van der Waals surface area contributed by atoms with Gasteiger partial charge in [-0.3, -0.25) is 0 Å². The molecule has 0 radical (unpaired) electrons. The van der Waals surface area contributed by atoms with Gasteiger partial charge in [0, 0.05) is 18.7 Å². The summed E-state index contributed by atoms with van der Waals surface area (Å²) in [5.41, 5.74) is -0.240. The quantitative estimate of drug-likeness (QED) is 0.673. The maximum absolute atomic E-state index is 11.3. The van der Waals surface area contributed by atoms with Crippen molar-refractivity contribution in [2.45, 2.75) is 25.8 Å². The van der Waals surface area contributed by atoms with Crippen LogP contribution in [0.15, 0.2) is 0 Å². The second-order valence-electron chi connectivity index (χ2n) is 4.03. The Balaban J connectivity index is 2.30. The number of ether oxygens (including phenoxy) is 1. The molecule has 0 aromatic carbocycles. The molecule has 1 rings (SSSR count). The number of nitrogens with one attached hydrogen (secondary N) is 1. The third kappa shape index (κ3) is 3.55. The van der Waals surface area contributed by atoms with Gasteiger partial charge in [0.05, 0.1) is 18.1 Å². The Hall–Kier alpha value is -0.130. The standard InChI is InChI=1S/C9H19NO3S/c1-3-13-6-5-10-9(2)4-7-14(11,12)8-9/h10H,3-8H2,1-2H3. The maximum Gasteiger partial charge on any atom is 0.152 e. The molecule has 0 bridgehead atoms. The van der Waals surface area contributed by atoms with E-state index in [0.29, 0.717) is 25.4 Å². The van der Waals surface area contributed by atoms with Crippen LogP contribution in [0.25, 0.3) is 0 Å². The zero-order valence-corrected chi connectivity index (χ0v) is 9.69. The van der Waals surface area contributed by atoms with E-state index in [0.717, 1.165) is 6.54 Å². The average Bonchev–Trinajstić information content (AvgIpc) is 2.36. The van der Waals surface area contributed by atoms with Gasteiger partial charge >= 0.3 is 0 Å². The number of hydrogen-bond acceptors (Lipinski definition) is 4. The van der Waals surface area contributed by atoms with E-state index in [1.54, 1.807) is 0 Å². The largest absolute Gasteiger partial charge is 0.380 e. The molecule has 1 atom stereocenters. The third-order valence-electron chi connectivity index (χ3n) is 2.51. The highest BCUT2D eigenvalue weighted by Crippen LogP contribution is 2.22. The van der Waals surface area contributed by atoms with Crippen LogP contribution in [0.5, 0.6) is 0 Å². The highest BCUT2D eigenvalue weighted by Gasteiger charge is 2.37. The summed E-state index contributed by atoms with van der Waals surface area (Å²) in [6, 6.07) is 0. The highest BCUT2D eigenvalue weighted by molar-refractivity contribution is 7.91. The molecule has 0 spiro atoms. The summed E-state index contributed by atoms with van der Waals surface area (Å²) in [6.45, 7) is 5.98. The molecule has 1 N–H and O–H groups in total. The van der Waals surface area contributed by atoms with Crippen LogP contribution < -0.4 is 5.32 Å². The molecule has 14 heavy (non-hydrogen) atoms. The van der Waals surface area contributed by atoms with Gasteiger partial charge < -0.3 is 10.1 Å². The van der Waals surface area contributed by atoms with Crippen LogP contribution in [0.2, 0.25) is 0 Å². The summed E-state index contributed by atoms with van der Waals surface area (Å²) < 4.78 is 27.7. The van der Waals surface area contributed by atoms with Crippen LogP contribution in [-0.2, 0) is 14.6 Å². The first-order valence-corrected chi connectivity index (χ1v) is 6.83. The van der Waals surface area contributed by atoms with Crippen molar-refractivity contribution in [2.24, 2.45) is 0 Å². The van der Waals surface area contributed by atoms with Crippen molar-refractivity contribution in [3.05, 3.63) is 0 Å². The summed E-state index contributed by atoms with van der Waals surface area (Å²) in [7, 11) is -2.80. The molecule has 0 amide bonds. The van der Waals surface area contributed by atoms with Crippen LogP contribution >= 0.6 is 0 Å². The van der Waals surface area contributed by atoms with Gasteiger partial charge in [0.1, 0.15) is 0 Å². The predicted molar refractivity (Wildman–Crippen MR) is 56.2 cm³/mol. The van der Waals surface area contributed by atoms with Crippen LogP contribution in [0.4, 0.5) is 0 Å². The van der Waals surface area contributed by atoms with E-state index in [9.17, 15) is 8.42 Å².